The number of ether oxygens (including phenoxy) is 2. The van der Waals surface area contributed by atoms with Gasteiger partial charge in [-0.05, 0) is 36.8 Å². The Labute approximate surface area is 129 Å². The molecule has 0 spiro atoms. The summed E-state index contributed by atoms with van der Waals surface area (Å²) in [5.74, 6) is -1.17. The first kappa shape index (κ1) is 16.3. The minimum Gasteiger partial charge on any atom is -0.469 e. The van der Waals surface area contributed by atoms with Gasteiger partial charge in [-0.25, -0.2) is 0 Å². The van der Waals surface area contributed by atoms with Crippen molar-refractivity contribution in [2.45, 2.75) is 32.6 Å². The van der Waals surface area contributed by atoms with Crippen LogP contribution in [0.5, 0.6) is 0 Å². The summed E-state index contributed by atoms with van der Waals surface area (Å²) in [6.45, 7) is 1.92. The number of hydrogen-bond acceptors (Lipinski definition) is 5. The molecule has 1 aliphatic carbocycles. The smallest absolute Gasteiger partial charge is 0.322 e. The van der Waals surface area contributed by atoms with E-state index in [-0.39, 0.29) is 18.3 Å². The SMILES string of the molecule is CCC1(CCC(=O)OC)C[C@]1(C(=O)OC)C(=O)n1cccc1. The maximum atomic E-state index is 12.8. The molecule has 0 aromatic carbocycles. The van der Waals surface area contributed by atoms with Gasteiger partial charge in [0, 0.05) is 18.8 Å². The largest absolute Gasteiger partial charge is 0.469 e. The molecular formula is C16H21NO5. The molecule has 1 heterocycles. The Morgan fingerprint density at radius 2 is 1.77 bits per heavy atom. The summed E-state index contributed by atoms with van der Waals surface area (Å²) in [6, 6.07) is 3.46. The molecule has 6 heteroatoms. The van der Waals surface area contributed by atoms with Crippen LogP contribution in [0, 0.1) is 10.8 Å². The summed E-state index contributed by atoms with van der Waals surface area (Å²) in [5.41, 5.74) is -1.75. The summed E-state index contributed by atoms with van der Waals surface area (Å²) in [7, 11) is 2.61. The van der Waals surface area contributed by atoms with Crippen LogP contribution in [0.15, 0.2) is 24.5 Å². The molecule has 6 nitrogen and oxygen atoms in total. The molecule has 0 saturated heterocycles. The van der Waals surface area contributed by atoms with Gasteiger partial charge in [0.2, 0.25) is 5.91 Å². The fourth-order valence-electron chi connectivity index (χ4n) is 3.36. The molecule has 0 amide bonds. The molecule has 22 heavy (non-hydrogen) atoms. The number of nitrogens with zero attached hydrogens (tertiary/aromatic N) is 1. The van der Waals surface area contributed by atoms with Crippen molar-refractivity contribution in [3.8, 4) is 0 Å². The lowest BCUT2D eigenvalue weighted by molar-refractivity contribution is -0.147. The summed E-state index contributed by atoms with van der Waals surface area (Å²) >= 11 is 0. The quantitative estimate of drug-likeness (QED) is 0.594. The third-order valence-corrected chi connectivity index (χ3v) is 4.83. The van der Waals surface area contributed by atoms with Crippen molar-refractivity contribution < 1.29 is 23.9 Å². The predicted octanol–water partition coefficient (Wildman–Crippen LogP) is 2.04. The van der Waals surface area contributed by atoms with Crippen LogP contribution in [-0.4, -0.2) is 36.6 Å². The zero-order chi connectivity index (χ0) is 16.4. The van der Waals surface area contributed by atoms with Crippen molar-refractivity contribution in [2.24, 2.45) is 10.8 Å². The van der Waals surface area contributed by atoms with Gasteiger partial charge in [-0.3, -0.25) is 19.0 Å². The van der Waals surface area contributed by atoms with Crippen LogP contribution in [0.2, 0.25) is 0 Å². The molecule has 0 N–H and O–H groups in total. The zero-order valence-electron chi connectivity index (χ0n) is 13.1. The van der Waals surface area contributed by atoms with E-state index >= 15 is 0 Å². The Balaban J connectivity index is 2.30. The number of carbonyl (C=O) groups excluding carboxylic acids is 3. The van der Waals surface area contributed by atoms with Crippen LogP contribution in [0.1, 0.15) is 37.4 Å². The molecule has 2 atom stereocenters. The highest BCUT2D eigenvalue weighted by Gasteiger charge is 2.76. The third kappa shape index (κ3) is 2.32. The molecule has 1 aromatic heterocycles. The monoisotopic (exact) mass is 307 g/mol. The van der Waals surface area contributed by atoms with Crippen molar-refractivity contribution in [1.82, 2.24) is 4.57 Å². The number of methoxy groups -OCH3 is 2. The minimum atomic E-state index is -1.20. The van der Waals surface area contributed by atoms with E-state index in [9.17, 15) is 14.4 Å². The molecule has 0 aliphatic heterocycles. The average molecular weight is 307 g/mol. The number of esters is 2. The van der Waals surface area contributed by atoms with Gasteiger partial charge in [-0.2, -0.15) is 0 Å². The lowest BCUT2D eigenvalue weighted by Crippen LogP contribution is -2.36. The predicted molar refractivity (Wildman–Crippen MR) is 78.1 cm³/mol. The van der Waals surface area contributed by atoms with Crippen LogP contribution in [-0.2, 0) is 19.1 Å². The van der Waals surface area contributed by atoms with Gasteiger partial charge >= 0.3 is 11.9 Å². The van der Waals surface area contributed by atoms with E-state index < -0.39 is 16.8 Å². The van der Waals surface area contributed by atoms with Gasteiger partial charge in [0.05, 0.1) is 14.2 Å². The standard InChI is InChI=1S/C16H21NO5/c1-4-15(8-7-12(18)21-2)11-16(15,14(20)22-3)13(19)17-9-5-6-10-17/h5-6,9-10H,4,7-8,11H2,1-3H3/t15?,16-/m1/s1. The second-order valence-corrected chi connectivity index (χ2v) is 5.68. The minimum absolute atomic E-state index is 0.183. The molecule has 0 radical (unpaired) electrons. The summed E-state index contributed by atoms with van der Waals surface area (Å²) in [4.78, 5) is 36.6. The van der Waals surface area contributed by atoms with Gasteiger partial charge < -0.3 is 9.47 Å². The van der Waals surface area contributed by atoms with E-state index in [1.54, 1.807) is 24.5 Å². The Morgan fingerprint density at radius 1 is 1.14 bits per heavy atom. The van der Waals surface area contributed by atoms with Crippen molar-refractivity contribution in [2.75, 3.05) is 14.2 Å². The molecule has 1 saturated carbocycles. The molecule has 120 valence electrons. The van der Waals surface area contributed by atoms with Crippen LogP contribution >= 0.6 is 0 Å². The fraction of sp³-hybridized carbons (Fsp3) is 0.562. The van der Waals surface area contributed by atoms with Crippen molar-refractivity contribution in [3.05, 3.63) is 24.5 Å². The third-order valence-electron chi connectivity index (χ3n) is 4.83. The highest BCUT2D eigenvalue weighted by atomic mass is 16.5. The fourth-order valence-corrected chi connectivity index (χ4v) is 3.36. The van der Waals surface area contributed by atoms with Crippen molar-refractivity contribution in [3.63, 3.8) is 0 Å². The lowest BCUT2D eigenvalue weighted by Gasteiger charge is -2.22. The Kier molecular flexibility index (Phi) is 4.39. The molecule has 2 rings (SSSR count). The second kappa shape index (κ2) is 5.94. The topological polar surface area (TPSA) is 74.6 Å². The van der Waals surface area contributed by atoms with Gasteiger partial charge in [0.1, 0.15) is 0 Å². The lowest BCUT2D eigenvalue weighted by atomic mass is 9.85. The van der Waals surface area contributed by atoms with Gasteiger partial charge in [0.15, 0.2) is 5.41 Å². The van der Waals surface area contributed by atoms with E-state index in [1.807, 2.05) is 6.92 Å². The van der Waals surface area contributed by atoms with E-state index in [1.165, 1.54) is 18.8 Å². The summed E-state index contributed by atoms with van der Waals surface area (Å²) in [6.07, 6.45) is 4.86. The molecule has 1 aromatic rings. The van der Waals surface area contributed by atoms with Crippen LogP contribution in [0.25, 0.3) is 0 Å². The molecule has 0 bridgehead atoms. The summed E-state index contributed by atoms with van der Waals surface area (Å²) in [5, 5.41) is 0. The Bertz CT molecular complexity index is 579. The molecule has 1 fully saturated rings. The molecular weight excluding hydrogens is 286 g/mol. The maximum Gasteiger partial charge on any atom is 0.322 e. The van der Waals surface area contributed by atoms with Crippen LogP contribution < -0.4 is 0 Å². The first-order valence-corrected chi connectivity index (χ1v) is 7.30. The Morgan fingerprint density at radius 3 is 2.27 bits per heavy atom. The van der Waals surface area contributed by atoms with E-state index in [4.69, 9.17) is 4.74 Å². The number of hydrogen-bond donors (Lipinski definition) is 0. The number of aromatic nitrogens is 1. The number of rotatable bonds is 6. The van der Waals surface area contributed by atoms with Gasteiger partial charge in [-0.1, -0.05) is 6.92 Å². The van der Waals surface area contributed by atoms with E-state index in [2.05, 4.69) is 4.74 Å². The number of carbonyl (C=O) groups is 3. The average Bonchev–Trinajstić information content (AvgIpc) is 2.92. The van der Waals surface area contributed by atoms with Crippen molar-refractivity contribution >= 4 is 17.8 Å². The summed E-state index contributed by atoms with van der Waals surface area (Å²) < 4.78 is 11.0. The van der Waals surface area contributed by atoms with Gasteiger partial charge in [0.25, 0.3) is 0 Å². The highest BCUT2D eigenvalue weighted by Crippen LogP contribution is 2.69. The van der Waals surface area contributed by atoms with E-state index in [0.717, 1.165) is 0 Å². The first-order chi connectivity index (χ1) is 10.5. The second-order valence-electron chi connectivity index (χ2n) is 5.68. The van der Waals surface area contributed by atoms with Gasteiger partial charge in [-0.15, -0.1) is 0 Å². The van der Waals surface area contributed by atoms with E-state index in [0.29, 0.717) is 19.3 Å². The first-order valence-electron chi connectivity index (χ1n) is 7.30. The molecule has 1 unspecified atom stereocenters. The normalized spacial score (nSPS) is 26.3. The highest BCUT2D eigenvalue weighted by molar-refractivity contribution is 6.08. The van der Waals surface area contributed by atoms with Crippen LogP contribution in [0.4, 0.5) is 0 Å². The Hall–Kier alpha value is -2.11. The maximum absolute atomic E-state index is 12.8. The zero-order valence-corrected chi connectivity index (χ0v) is 13.1. The van der Waals surface area contributed by atoms with Crippen molar-refractivity contribution in [1.29, 1.82) is 0 Å². The molecule has 1 aliphatic rings. The van der Waals surface area contributed by atoms with Crippen LogP contribution in [0.3, 0.4) is 0 Å².